The zero-order valence-electron chi connectivity index (χ0n) is 18.3. The molecule has 1 N–H and O–H groups in total. The lowest BCUT2D eigenvalue weighted by Crippen LogP contribution is -2.41. The van der Waals surface area contributed by atoms with Crippen LogP contribution in [0.25, 0.3) is 0 Å². The van der Waals surface area contributed by atoms with Crippen molar-refractivity contribution >= 4 is 10.1 Å². The van der Waals surface area contributed by atoms with Crippen LogP contribution in [0.1, 0.15) is 70.3 Å². The predicted octanol–water partition coefficient (Wildman–Crippen LogP) is 4.49. The average Bonchev–Trinajstić information content (AvgIpc) is 2.62. The Morgan fingerprint density at radius 3 is 1.79 bits per heavy atom. The molecule has 0 aliphatic rings. The molecule has 0 aromatic heterocycles. The van der Waals surface area contributed by atoms with Crippen molar-refractivity contribution in [1.29, 1.82) is 0 Å². The van der Waals surface area contributed by atoms with E-state index in [1.54, 1.807) is 12.1 Å². The van der Waals surface area contributed by atoms with Gasteiger partial charge in [-0.2, -0.15) is 0 Å². The van der Waals surface area contributed by atoms with Gasteiger partial charge in [0.15, 0.2) is 0 Å². The van der Waals surface area contributed by atoms with Gasteiger partial charge in [-0.25, -0.2) is 8.42 Å². The lowest BCUT2D eigenvalue weighted by Gasteiger charge is -2.29. The lowest BCUT2D eigenvalue weighted by molar-refractivity contribution is -0.890. The monoisotopic (exact) mass is 415 g/mol. The quantitative estimate of drug-likeness (QED) is 0.293. The minimum atomic E-state index is -4.27. The topological polar surface area (TPSA) is 77.4 Å². The van der Waals surface area contributed by atoms with Crippen LogP contribution < -0.4 is 0 Å². The fourth-order valence-electron chi connectivity index (χ4n) is 2.99. The summed E-state index contributed by atoms with van der Waals surface area (Å²) < 4.78 is 32.2. The van der Waals surface area contributed by atoms with E-state index in [2.05, 4.69) is 21.0 Å². The van der Waals surface area contributed by atoms with Crippen LogP contribution in [0.5, 0.6) is 0 Å². The van der Waals surface area contributed by atoms with Gasteiger partial charge in [-0.3, -0.25) is 0 Å². The first-order valence-electron chi connectivity index (χ1n) is 10.6. The van der Waals surface area contributed by atoms with Crippen molar-refractivity contribution in [2.45, 2.75) is 76.5 Å². The highest BCUT2D eigenvalue weighted by atomic mass is 32.2. The van der Waals surface area contributed by atoms with Crippen LogP contribution in [-0.2, 0) is 10.1 Å². The molecule has 0 atom stereocenters. The molecule has 0 fully saturated rings. The van der Waals surface area contributed by atoms with Crippen LogP contribution in [0.3, 0.4) is 0 Å². The van der Waals surface area contributed by atoms with E-state index in [9.17, 15) is 13.0 Å². The summed E-state index contributed by atoms with van der Waals surface area (Å²) in [7, 11) is 0.280. The molecule has 1 aromatic rings. The SMILES string of the molecule is CCCCCCCCCC[N+](C)(C)CCCO.Cc1ccc(S(=O)(=O)[O-])cc1. The van der Waals surface area contributed by atoms with Crippen LogP contribution in [0.2, 0.25) is 0 Å². The molecule has 0 spiro atoms. The molecule has 0 heterocycles. The van der Waals surface area contributed by atoms with Crippen molar-refractivity contribution in [2.24, 2.45) is 0 Å². The Labute approximate surface area is 173 Å². The number of rotatable bonds is 13. The van der Waals surface area contributed by atoms with Gasteiger partial charge in [0.2, 0.25) is 0 Å². The van der Waals surface area contributed by atoms with Crippen LogP contribution >= 0.6 is 0 Å². The predicted molar refractivity (Wildman–Crippen MR) is 115 cm³/mol. The Morgan fingerprint density at radius 2 is 1.32 bits per heavy atom. The van der Waals surface area contributed by atoms with Gasteiger partial charge in [0.1, 0.15) is 10.1 Å². The summed E-state index contributed by atoms with van der Waals surface area (Å²) in [5.41, 5.74) is 0.928. The molecule has 0 bridgehead atoms. The fraction of sp³-hybridized carbons (Fsp3) is 0.727. The summed E-state index contributed by atoms with van der Waals surface area (Å²) >= 11 is 0. The summed E-state index contributed by atoms with van der Waals surface area (Å²) in [5.74, 6) is 0. The van der Waals surface area contributed by atoms with E-state index in [-0.39, 0.29) is 4.90 Å². The molecule has 164 valence electrons. The van der Waals surface area contributed by atoms with Crippen molar-refractivity contribution in [3.05, 3.63) is 29.8 Å². The highest BCUT2D eigenvalue weighted by Crippen LogP contribution is 2.10. The van der Waals surface area contributed by atoms with Crippen LogP contribution in [0.15, 0.2) is 29.2 Å². The number of hydrogen-bond donors (Lipinski definition) is 1. The number of nitrogens with zero attached hydrogens (tertiary/aromatic N) is 1. The molecular formula is C22H41NO4S. The third-order valence-corrected chi connectivity index (χ3v) is 5.70. The number of aliphatic hydroxyl groups is 1. The van der Waals surface area contributed by atoms with Crippen molar-refractivity contribution in [1.82, 2.24) is 0 Å². The standard InChI is InChI=1S/C15H34NO.C7H8O3S/c1-4-5-6-7-8-9-10-11-13-16(2,3)14-12-15-17;1-6-2-4-7(5-3-6)11(8,9)10/h17H,4-15H2,1-3H3;2-5H,1H3,(H,8,9,10)/q+1;/p-1. The maximum Gasteiger partial charge on any atom is 0.124 e. The maximum absolute atomic E-state index is 10.4. The highest BCUT2D eigenvalue weighted by Gasteiger charge is 2.12. The Hall–Kier alpha value is -0.950. The molecule has 0 saturated carbocycles. The van der Waals surface area contributed by atoms with Gasteiger partial charge in [0.05, 0.1) is 32.1 Å². The summed E-state index contributed by atoms with van der Waals surface area (Å²) in [5, 5.41) is 8.83. The number of benzene rings is 1. The first kappa shape index (κ1) is 27.0. The fourth-order valence-corrected chi connectivity index (χ4v) is 3.46. The normalized spacial score (nSPS) is 11.8. The molecule has 0 saturated heterocycles. The molecule has 5 nitrogen and oxygen atoms in total. The van der Waals surface area contributed by atoms with Crippen molar-refractivity contribution in [3.63, 3.8) is 0 Å². The second-order valence-corrected chi connectivity index (χ2v) is 9.58. The molecule has 0 aliphatic heterocycles. The minimum absolute atomic E-state index is 0.178. The van der Waals surface area contributed by atoms with E-state index in [0.29, 0.717) is 6.61 Å². The molecule has 0 unspecified atom stereocenters. The van der Waals surface area contributed by atoms with E-state index in [4.69, 9.17) is 5.11 Å². The molecule has 6 heteroatoms. The Balaban J connectivity index is 0.000000567. The number of unbranched alkanes of at least 4 members (excludes halogenated alkanes) is 7. The first-order chi connectivity index (χ1) is 13.1. The van der Waals surface area contributed by atoms with Crippen LogP contribution in [0, 0.1) is 6.92 Å². The minimum Gasteiger partial charge on any atom is -0.744 e. The number of aliphatic hydroxyl groups excluding tert-OH is 1. The van der Waals surface area contributed by atoms with Crippen LogP contribution in [-0.4, -0.2) is 56.4 Å². The molecule has 0 aliphatic carbocycles. The summed E-state index contributed by atoms with van der Waals surface area (Å²) in [4.78, 5) is -0.178. The van der Waals surface area contributed by atoms with E-state index >= 15 is 0 Å². The highest BCUT2D eigenvalue weighted by molar-refractivity contribution is 7.85. The zero-order chi connectivity index (χ0) is 21.5. The van der Waals surface area contributed by atoms with Crippen LogP contribution in [0.4, 0.5) is 0 Å². The summed E-state index contributed by atoms with van der Waals surface area (Å²) in [6.45, 7) is 6.79. The van der Waals surface area contributed by atoms with E-state index in [1.165, 1.54) is 70.0 Å². The van der Waals surface area contributed by atoms with Gasteiger partial charge >= 0.3 is 0 Å². The lowest BCUT2D eigenvalue weighted by atomic mass is 10.1. The Kier molecular flexibility index (Phi) is 14.5. The van der Waals surface area contributed by atoms with Gasteiger partial charge in [-0.15, -0.1) is 0 Å². The smallest absolute Gasteiger partial charge is 0.124 e. The molecule has 28 heavy (non-hydrogen) atoms. The second-order valence-electron chi connectivity index (χ2n) is 8.20. The summed E-state index contributed by atoms with van der Waals surface area (Å²) in [6, 6.07) is 5.78. The first-order valence-corrected chi connectivity index (χ1v) is 12.0. The van der Waals surface area contributed by atoms with E-state index < -0.39 is 10.1 Å². The molecule has 0 radical (unpaired) electrons. The van der Waals surface area contributed by atoms with Gasteiger partial charge in [-0.1, -0.05) is 63.1 Å². The number of aryl methyl sites for hydroxylation is 1. The Bertz CT molecular complexity index is 597. The van der Waals surface area contributed by atoms with Crippen molar-refractivity contribution < 1.29 is 22.6 Å². The molecule has 1 rings (SSSR count). The van der Waals surface area contributed by atoms with Gasteiger partial charge in [0.25, 0.3) is 0 Å². The van der Waals surface area contributed by atoms with Crippen molar-refractivity contribution in [2.75, 3.05) is 33.8 Å². The Morgan fingerprint density at radius 1 is 0.857 bits per heavy atom. The molecule has 0 amide bonds. The summed E-state index contributed by atoms with van der Waals surface area (Å²) in [6.07, 6.45) is 12.1. The molecular weight excluding hydrogens is 374 g/mol. The second kappa shape index (κ2) is 15.0. The average molecular weight is 416 g/mol. The van der Waals surface area contributed by atoms with Crippen molar-refractivity contribution in [3.8, 4) is 0 Å². The number of quaternary nitrogens is 1. The number of hydrogen-bond acceptors (Lipinski definition) is 4. The molecule has 1 aromatic carbocycles. The third-order valence-electron chi connectivity index (χ3n) is 4.85. The van der Waals surface area contributed by atoms with Gasteiger partial charge in [-0.05, 0) is 31.9 Å². The van der Waals surface area contributed by atoms with E-state index in [1.807, 2.05) is 6.92 Å². The van der Waals surface area contributed by atoms with Gasteiger partial charge < -0.3 is 14.1 Å². The van der Waals surface area contributed by atoms with Gasteiger partial charge in [0, 0.05) is 13.0 Å². The zero-order valence-corrected chi connectivity index (χ0v) is 19.1. The maximum atomic E-state index is 10.4. The largest absolute Gasteiger partial charge is 0.744 e. The van der Waals surface area contributed by atoms with E-state index in [0.717, 1.165) is 23.0 Å². The third kappa shape index (κ3) is 15.0.